The van der Waals surface area contributed by atoms with Gasteiger partial charge in [-0.05, 0) is 37.0 Å². The third-order valence-electron chi connectivity index (χ3n) is 4.86. The maximum absolute atomic E-state index is 11.4. The van der Waals surface area contributed by atoms with E-state index in [1.165, 1.54) is 0 Å². The van der Waals surface area contributed by atoms with Crippen LogP contribution in [0.3, 0.4) is 0 Å². The van der Waals surface area contributed by atoms with Crippen molar-refractivity contribution < 1.29 is 13.5 Å². The largest absolute Gasteiger partial charge is 0.393 e. The molecule has 1 heterocycles. The fourth-order valence-corrected chi connectivity index (χ4v) is 4.63. The highest BCUT2D eigenvalue weighted by Gasteiger charge is 2.33. The molecule has 19 heavy (non-hydrogen) atoms. The molecule has 3 unspecified atom stereocenters. The standard InChI is InChI=1S/C14H27NO3S/c1-11(2)12-3-4-14(16)13(9-12)10-15-5-7-19(17,18)8-6-15/h11-14,16H,3-10H2,1-2H3. The van der Waals surface area contributed by atoms with Crippen LogP contribution in [0.2, 0.25) is 0 Å². The van der Waals surface area contributed by atoms with Crippen LogP contribution in [0, 0.1) is 17.8 Å². The number of aliphatic hydroxyl groups excluding tert-OH is 1. The lowest BCUT2D eigenvalue weighted by Gasteiger charge is -2.38. The number of nitrogens with zero attached hydrogens (tertiary/aromatic N) is 1. The molecule has 4 nitrogen and oxygen atoms in total. The van der Waals surface area contributed by atoms with Gasteiger partial charge in [0.05, 0.1) is 17.6 Å². The maximum atomic E-state index is 11.4. The van der Waals surface area contributed by atoms with Gasteiger partial charge in [-0.25, -0.2) is 8.42 Å². The van der Waals surface area contributed by atoms with Crippen LogP contribution in [0.1, 0.15) is 33.1 Å². The molecule has 5 heteroatoms. The Hall–Kier alpha value is -0.130. The van der Waals surface area contributed by atoms with Crippen LogP contribution in [0.5, 0.6) is 0 Å². The third-order valence-corrected chi connectivity index (χ3v) is 6.46. The SMILES string of the molecule is CC(C)C1CCC(O)C(CN2CCS(=O)(=O)CC2)C1. The Bertz CT molecular complexity index is 379. The van der Waals surface area contributed by atoms with Gasteiger partial charge in [0.1, 0.15) is 0 Å². The number of hydrogen-bond acceptors (Lipinski definition) is 4. The summed E-state index contributed by atoms with van der Waals surface area (Å²) in [5, 5.41) is 10.2. The summed E-state index contributed by atoms with van der Waals surface area (Å²) in [6, 6.07) is 0. The van der Waals surface area contributed by atoms with Crippen LogP contribution in [-0.4, -0.2) is 55.7 Å². The highest BCUT2D eigenvalue weighted by Crippen LogP contribution is 2.34. The van der Waals surface area contributed by atoms with Crippen LogP contribution in [-0.2, 0) is 9.84 Å². The average Bonchev–Trinajstić information content (AvgIpc) is 2.34. The second kappa shape index (κ2) is 6.10. The van der Waals surface area contributed by atoms with E-state index in [2.05, 4.69) is 18.7 Å². The smallest absolute Gasteiger partial charge is 0.152 e. The van der Waals surface area contributed by atoms with E-state index in [9.17, 15) is 13.5 Å². The van der Waals surface area contributed by atoms with Crippen molar-refractivity contribution in [2.75, 3.05) is 31.1 Å². The molecule has 0 bridgehead atoms. The molecule has 0 amide bonds. The zero-order valence-electron chi connectivity index (χ0n) is 12.1. The van der Waals surface area contributed by atoms with Gasteiger partial charge < -0.3 is 10.0 Å². The minimum absolute atomic E-state index is 0.200. The molecule has 1 saturated heterocycles. The van der Waals surface area contributed by atoms with E-state index < -0.39 is 9.84 Å². The van der Waals surface area contributed by atoms with Crippen molar-refractivity contribution in [2.24, 2.45) is 17.8 Å². The first-order chi connectivity index (χ1) is 8.87. The summed E-state index contributed by atoms with van der Waals surface area (Å²) in [6.07, 6.45) is 2.92. The quantitative estimate of drug-likeness (QED) is 0.847. The Morgan fingerprint density at radius 1 is 1.21 bits per heavy atom. The maximum Gasteiger partial charge on any atom is 0.152 e. The average molecular weight is 289 g/mol. The second-order valence-electron chi connectivity index (χ2n) is 6.60. The van der Waals surface area contributed by atoms with Crippen LogP contribution < -0.4 is 0 Å². The summed E-state index contributed by atoms with van der Waals surface area (Å²) in [5.74, 6) is 2.27. The molecule has 2 aliphatic rings. The van der Waals surface area contributed by atoms with Gasteiger partial charge >= 0.3 is 0 Å². The Kier molecular flexibility index (Phi) is 4.90. The second-order valence-corrected chi connectivity index (χ2v) is 8.90. The Labute approximate surface area is 117 Å². The lowest BCUT2D eigenvalue weighted by atomic mass is 9.74. The molecule has 112 valence electrons. The van der Waals surface area contributed by atoms with Gasteiger partial charge in [0.15, 0.2) is 9.84 Å². The van der Waals surface area contributed by atoms with Crippen molar-refractivity contribution in [3.63, 3.8) is 0 Å². The lowest BCUT2D eigenvalue weighted by Crippen LogP contribution is -2.46. The Balaban J connectivity index is 1.87. The molecular formula is C14H27NO3S. The van der Waals surface area contributed by atoms with Crippen LogP contribution in [0.4, 0.5) is 0 Å². The Morgan fingerprint density at radius 3 is 2.42 bits per heavy atom. The molecule has 1 saturated carbocycles. The van der Waals surface area contributed by atoms with Gasteiger partial charge in [-0.3, -0.25) is 0 Å². The number of hydrogen-bond donors (Lipinski definition) is 1. The molecule has 1 N–H and O–H groups in total. The van der Waals surface area contributed by atoms with Crippen molar-refractivity contribution in [1.82, 2.24) is 4.90 Å². The fourth-order valence-electron chi connectivity index (χ4n) is 3.35. The van der Waals surface area contributed by atoms with E-state index in [1.807, 2.05) is 0 Å². The molecule has 1 aliphatic heterocycles. The zero-order valence-corrected chi connectivity index (χ0v) is 12.9. The van der Waals surface area contributed by atoms with Gasteiger partial charge in [0, 0.05) is 19.6 Å². The predicted molar refractivity (Wildman–Crippen MR) is 76.8 cm³/mol. The van der Waals surface area contributed by atoms with Crippen molar-refractivity contribution >= 4 is 9.84 Å². The topological polar surface area (TPSA) is 57.6 Å². The first-order valence-electron chi connectivity index (χ1n) is 7.48. The summed E-state index contributed by atoms with van der Waals surface area (Å²) in [5.41, 5.74) is 0. The monoisotopic (exact) mass is 289 g/mol. The highest BCUT2D eigenvalue weighted by atomic mass is 32.2. The van der Waals surface area contributed by atoms with E-state index in [1.54, 1.807) is 0 Å². The molecule has 2 rings (SSSR count). The zero-order chi connectivity index (χ0) is 14.0. The van der Waals surface area contributed by atoms with Gasteiger partial charge in [-0.15, -0.1) is 0 Å². The van der Waals surface area contributed by atoms with E-state index in [4.69, 9.17) is 0 Å². The van der Waals surface area contributed by atoms with Crippen LogP contribution in [0.15, 0.2) is 0 Å². The first-order valence-corrected chi connectivity index (χ1v) is 9.30. The molecule has 0 aromatic carbocycles. The van der Waals surface area contributed by atoms with Crippen LogP contribution >= 0.6 is 0 Å². The van der Waals surface area contributed by atoms with Crippen molar-refractivity contribution in [3.8, 4) is 0 Å². The van der Waals surface area contributed by atoms with Gasteiger partial charge in [-0.1, -0.05) is 13.8 Å². The molecule has 0 aromatic heterocycles. The number of aliphatic hydroxyl groups is 1. The minimum atomic E-state index is -2.80. The van der Waals surface area contributed by atoms with E-state index >= 15 is 0 Å². The molecule has 0 spiro atoms. The van der Waals surface area contributed by atoms with Gasteiger partial charge in [0.25, 0.3) is 0 Å². The van der Waals surface area contributed by atoms with Crippen molar-refractivity contribution in [1.29, 1.82) is 0 Å². The van der Waals surface area contributed by atoms with Gasteiger partial charge in [-0.2, -0.15) is 0 Å². The molecule has 3 atom stereocenters. The van der Waals surface area contributed by atoms with Crippen molar-refractivity contribution in [2.45, 2.75) is 39.2 Å². The van der Waals surface area contributed by atoms with E-state index in [0.29, 0.717) is 30.8 Å². The summed E-state index contributed by atoms with van der Waals surface area (Å²) in [6.45, 7) is 6.65. The van der Waals surface area contributed by atoms with Crippen molar-refractivity contribution in [3.05, 3.63) is 0 Å². The fraction of sp³-hybridized carbons (Fsp3) is 1.00. The summed E-state index contributed by atoms with van der Waals surface area (Å²) < 4.78 is 22.8. The molecular weight excluding hydrogens is 262 g/mol. The first kappa shape index (κ1) is 15.3. The molecule has 1 aliphatic carbocycles. The summed E-state index contributed by atoms with van der Waals surface area (Å²) in [4.78, 5) is 2.22. The normalized spacial score (nSPS) is 36.5. The predicted octanol–water partition coefficient (Wildman–Crippen LogP) is 1.15. The number of sulfone groups is 1. The van der Waals surface area contributed by atoms with Gasteiger partial charge in [0.2, 0.25) is 0 Å². The Morgan fingerprint density at radius 2 is 1.84 bits per heavy atom. The summed E-state index contributed by atoms with van der Waals surface area (Å²) in [7, 11) is -2.80. The van der Waals surface area contributed by atoms with E-state index in [0.717, 1.165) is 25.8 Å². The third kappa shape index (κ3) is 4.17. The highest BCUT2D eigenvalue weighted by molar-refractivity contribution is 7.91. The summed E-state index contributed by atoms with van der Waals surface area (Å²) >= 11 is 0. The minimum Gasteiger partial charge on any atom is -0.393 e. The lowest BCUT2D eigenvalue weighted by molar-refractivity contribution is 0.0199. The molecule has 0 aromatic rings. The number of rotatable bonds is 3. The van der Waals surface area contributed by atoms with Crippen LogP contribution in [0.25, 0.3) is 0 Å². The molecule has 0 radical (unpaired) electrons. The molecule has 2 fully saturated rings. The van der Waals surface area contributed by atoms with E-state index in [-0.39, 0.29) is 17.6 Å².